The Labute approximate surface area is 113 Å². The smallest absolute Gasteiger partial charge is 0.244 e. The van der Waals surface area contributed by atoms with Crippen molar-refractivity contribution in [1.29, 1.82) is 0 Å². The molecule has 1 aromatic carbocycles. The summed E-state index contributed by atoms with van der Waals surface area (Å²) in [5.41, 5.74) is 6.04. The van der Waals surface area contributed by atoms with Crippen molar-refractivity contribution in [3.8, 4) is 0 Å². The predicted molar refractivity (Wildman–Crippen MR) is 71.6 cm³/mol. The van der Waals surface area contributed by atoms with E-state index in [0.29, 0.717) is 12.1 Å². The molecule has 1 saturated carbocycles. The number of rotatable bonds is 4. The van der Waals surface area contributed by atoms with Gasteiger partial charge in [-0.2, -0.15) is 0 Å². The van der Waals surface area contributed by atoms with Crippen LogP contribution in [-0.4, -0.2) is 21.0 Å². The van der Waals surface area contributed by atoms with Crippen LogP contribution in [0, 0.1) is 18.7 Å². The van der Waals surface area contributed by atoms with Gasteiger partial charge in [0.1, 0.15) is 10.7 Å². The third-order valence-electron chi connectivity index (χ3n) is 3.70. The lowest BCUT2D eigenvalue weighted by Crippen LogP contribution is -2.40. The molecule has 0 amide bonds. The summed E-state index contributed by atoms with van der Waals surface area (Å²) in [6.07, 6.45) is 2.62. The maximum absolute atomic E-state index is 13.8. The van der Waals surface area contributed by atoms with Gasteiger partial charge in [-0.3, -0.25) is 0 Å². The predicted octanol–water partition coefficient (Wildman–Crippen LogP) is 1.54. The molecule has 106 valence electrons. The van der Waals surface area contributed by atoms with E-state index in [1.807, 2.05) is 0 Å². The topological polar surface area (TPSA) is 72.2 Å². The Bertz CT molecular complexity index is 540. The summed E-state index contributed by atoms with van der Waals surface area (Å²) in [5.74, 6) is -0.573. The molecule has 4 nitrogen and oxygen atoms in total. The van der Waals surface area contributed by atoms with Gasteiger partial charge in [-0.1, -0.05) is 18.6 Å². The van der Waals surface area contributed by atoms with Gasteiger partial charge in [-0.05, 0) is 43.9 Å². The first-order valence-corrected chi connectivity index (χ1v) is 7.91. The van der Waals surface area contributed by atoms with Gasteiger partial charge < -0.3 is 5.73 Å². The second-order valence-electron chi connectivity index (χ2n) is 5.04. The third kappa shape index (κ3) is 2.96. The van der Waals surface area contributed by atoms with Gasteiger partial charge >= 0.3 is 0 Å². The van der Waals surface area contributed by atoms with Crippen LogP contribution in [-0.2, 0) is 10.0 Å². The van der Waals surface area contributed by atoms with Crippen molar-refractivity contribution in [3.05, 3.63) is 29.6 Å². The maximum atomic E-state index is 13.8. The average Bonchev–Trinajstić information content (AvgIpc) is 2.74. The van der Waals surface area contributed by atoms with Crippen LogP contribution in [0.2, 0.25) is 0 Å². The zero-order valence-electron chi connectivity index (χ0n) is 10.9. The Balaban J connectivity index is 2.28. The summed E-state index contributed by atoms with van der Waals surface area (Å²) in [7, 11) is -3.83. The molecule has 1 aliphatic carbocycles. The zero-order valence-corrected chi connectivity index (χ0v) is 11.7. The van der Waals surface area contributed by atoms with Crippen LogP contribution in [0.4, 0.5) is 4.39 Å². The van der Waals surface area contributed by atoms with Crippen molar-refractivity contribution >= 4 is 10.0 Å². The highest BCUT2D eigenvalue weighted by atomic mass is 32.2. The molecule has 0 radical (unpaired) electrons. The van der Waals surface area contributed by atoms with Crippen molar-refractivity contribution in [2.75, 3.05) is 6.54 Å². The van der Waals surface area contributed by atoms with Crippen LogP contribution in [0.5, 0.6) is 0 Å². The van der Waals surface area contributed by atoms with E-state index < -0.39 is 15.8 Å². The van der Waals surface area contributed by atoms with Gasteiger partial charge in [0.2, 0.25) is 10.0 Å². The van der Waals surface area contributed by atoms with Gasteiger partial charge in [-0.15, -0.1) is 0 Å². The molecule has 1 fully saturated rings. The molecular weight excluding hydrogens is 267 g/mol. The molecule has 0 heterocycles. The largest absolute Gasteiger partial charge is 0.330 e. The van der Waals surface area contributed by atoms with E-state index >= 15 is 0 Å². The number of nitrogens with two attached hydrogens (primary N) is 1. The van der Waals surface area contributed by atoms with Gasteiger partial charge in [0.05, 0.1) is 0 Å². The normalized spacial score (nSPS) is 23.7. The number of aryl methyl sites for hydroxylation is 1. The first-order chi connectivity index (χ1) is 8.95. The van der Waals surface area contributed by atoms with E-state index in [2.05, 4.69) is 4.72 Å². The van der Waals surface area contributed by atoms with E-state index in [0.717, 1.165) is 25.3 Å². The molecule has 2 rings (SSSR count). The van der Waals surface area contributed by atoms with Crippen LogP contribution < -0.4 is 10.5 Å². The van der Waals surface area contributed by atoms with Crippen LogP contribution in [0.25, 0.3) is 0 Å². The molecule has 0 aliphatic heterocycles. The molecule has 1 aromatic rings. The van der Waals surface area contributed by atoms with E-state index in [1.54, 1.807) is 13.0 Å². The first kappa shape index (κ1) is 14.4. The number of benzene rings is 1. The number of hydrogen-bond donors (Lipinski definition) is 2. The Hall–Kier alpha value is -0.980. The monoisotopic (exact) mass is 286 g/mol. The molecular formula is C13H19FN2O2S. The van der Waals surface area contributed by atoms with Gasteiger partial charge in [0.15, 0.2) is 0 Å². The molecule has 0 bridgehead atoms. The zero-order chi connectivity index (χ0) is 14.0. The van der Waals surface area contributed by atoms with Crippen molar-refractivity contribution in [1.82, 2.24) is 4.72 Å². The highest BCUT2D eigenvalue weighted by molar-refractivity contribution is 7.89. The lowest BCUT2D eigenvalue weighted by Gasteiger charge is -2.20. The number of nitrogens with one attached hydrogen (secondary N) is 1. The fraction of sp³-hybridized carbons (Fsp3) is 0.538. The second-order valence-corrected chi connectivity index (χ2v) is 6.69. The highest BCUT2D eigenvalue weighted by Gasteiger charge is 2.32. The Kier molecular flexibility index (Phi) is 4.23. The van der Waals surface area contributed by atoms with Crippen molar-refractivity contribution in [2.24, 2.45) is 11.7 Å². The molecule has 0 aromatic heterocycles. The molecule has 6 heteroatoms. The summed E-state index contributed by atoms with van der Waals surface area (Å²) in [6, 6.07) is 4.07. The minimum atomic E-state index is -3.83. The standard InChI is InChI=1S/C13H19FN2O2S/c1-9-4-2-6-11(14)13(9)19(17,18)16-12-7-3-5-10(12)8-15/h2,4,6,10,12,16H,3,5,7-8,15H2,1H3. The van der Waals surface area contributed by atoms with E-state index in [9.17, 15) is 12.8 Å². The van der Waals surface area contributed by atoms with Gasteiger partial charge in [-0.25, -0.2) is 17.5 Å². The molecule has 19 heavy (non-hydrogen) atoms. The number of halogens is 1. The van der Waals surface area contributed by atoms with Crippen LogP contribution >= 0.6 is 0 Å². The Morgan fingerprint density at radius 1 is 1.42 bits per heavy atom. The minimum Gasteiger partial charge on any atom is -0.330 e. The SMILES string of the molecule is Cc1cccc(F)c1S(=O)(=O)NC1CCCC1CN. The summed E-state index contributed by atoms with van der Waals surface area (Å²) in [6.45, 7) is 2.04. The maximum Gasteiger partial charge on any atom is 0.244 e. The second kappa shape index (κ2) is 5.56. The molecule has 0 saturated heterocycles. The quantitative estimate of drug-likeness (QED) is 0.882. The van der Waals surface area contributed by atoms with Crippen LogP contribution in [0.1, 0.15) is 24.8 Å². The van der Waals surface area contributed by atoms with Crippen molar-refractivity contribution in [2.45, 2.75) is 37.1 Å². The molecule has 2 atom stereocenters. The van der Waals surface area contributed by atoms with Crippen LogP contribution in [0.3, 0.4) is 0 Å². The molecule has 0 spiro atoms. The minimum absolute atomic E-state index is 0.141. The van der Waals surface area contributed by atoms with Crippen molar-refractivity contribution in [3.63, 3.8) is 0 Å². The number of hydrogen-bond acceptors (Lipinski definition) is 3. The van der Waals surface area contributed by atoms with E-state index in [-0.39, 0.29) is 16.9 Å². The summed E-state index contributed by atoms with van der Waals surface area (Å²) in [5, 5.41) is 0. The fourth-order valence-corrected chi connectivity index (χ4v) is 4.33. The highest BCUT2D eigenvalue weighted by Crippen LogP contribution is 2.27. The lowest BCUT2D eigenvalue weighted by atomic mass is 10.1. The van der Waals surface area contributed by atoms with Crippen LogP contribution in [0.15, 0.2) is 23.1 Å². The molecule has 2 unspecified atom stereocenters. The molecule has 3 N–H and O–H groups in total. The Morgan fingerprint density at radius 2 is 2.16 bits per heavy atom. The summed E-state index contributed by atoms with van der Waals surface area (Å²) >= 11 is 0. The van der Waals surface area contributed by atoms with Gasteiger partial charge in [0, 0.05) is 6.04 Å². The van der Waals surface area contributed by atoms with E-state index in [1.165, 1.54) is 6.07 Å². The average molecular weight is 286 g/mol. The summed E-state index contributed by atoms with van der Waals surface area (Å²) in [4.78, 5) is -0.252. The van der Waals surface area contributed by atoms with Crippen molar-refractivity contribution < 1.29 is 12.8 Å². The third-order valence-corrected chi connectivity index (χ3v) is 5.37. The number of sulfonamides is 1. The van der Waals surface area contributed by atoms with E-state index in [4.69, 9.17) is 5.73 Å². The summed E-state index contributed by atoms with van der Waals surface area (Å²) < 4.78 is 41.0. The Morgan fingerprint density at radius 3 is 2.79 bits per heavy atom. The fourth-order valence-electron chi connectivity index (χ4n) is 2.69. The lowest BCUT2D eigenvalue weighted by molar-refractivity contribution is 0.450. The first-order valence-electron chi connectivity index (χ1n) is 6.43. The molecule has 1 aliphatic rings. The van der Waals surface area contributed by atoms with Gasteiger partial charge in [0.25, 0.3) is 0 Å².